The lowest BCUT2D eigenvalue weighted by Gasteiger charge is -2.19. The first-order valence-corrected chi connectivity index (χ1v) is 8.16. The molecule has 0 aromatic heterocycles. The molecule has 1 N–H and O–H groups in total. The Morgan fingerprint density at radius 3 is 2.58 bits per heavy atom. The van der Waals surface area contributed by atoms with Crippen molar-refractivity contribution in [2.45, 2.75) is 58.4 Å². The quantitative estimate of drug-likeness (QED) is 0.581. The molecule has 108 valence electrons. The van der Waals surface area contributed by atoms with Crippen molar-refractivity contribution in [3.8, 4) is 0 Å². The number of unbranched alkanes of at least 4 members (excludes halogenated alkanes) is 4. The summed E-state index contributed by atoms with van der Waals surface area (Å²) in [6, 6.07) is 5.32. The van der Waals surface area contributed by atoms with Crippen molar-refractivity contribution in [2.75, 3.05) is 6.54 Å². The molecule has 3 heteroatoms. The lowest BCUT2D eigenvalue weighted by atomic mass is 9.99. The van der Waals surface area contributed by atoms with E-state index in [4.69, 9.17) is 0 Å². The van der Waals surface area contributed by atoms with Gasteiger partial charge < -0.3 is 5.32 Å². The van der Waals surface area contributed by atoms with Crippen LogP contribution < -0.4 is 5.32 Å². The van der Waals surface area contributed by atoms with E-state index in [-0.39, 0.29) is 11.9 Å². The highest BCUT2D eigenvalue weighted by atomic mass is 79.9. The third-order valence-electron chi connectivity index (χ3n) is 3.38. The van der Waals surface area contributed by atoms with Crippen LogP contribution in [0.5, 0.6) is 0 Å². The second-order valence-electron chi connectivity index (χ2n) is 4.98. The Labute approximate surface area is 125 Å². The topological polar surface area (TPSA) is 12.0 Å². The zero-order chi connectivity index (χ0) is 14.1. The van der Waals surface area contributed by atoms with Crippen LogP contribution in [-0.2, 0) is 0 Å². The van der Waals surface area contributed by atoms with Gasteiger partial charge in [-0.1, -0.05) is 61.9 Å². The average molecular weight is 330 g/mol. The maximum atomic E-state index is 13.9. The highest BCUT2D eigenvalue weighted by Gasteiger charge is 2.14. The van der Waals surface area contributed by atoms with Crippen LogP contribution in [-0.4, -0.2) is 6.54 Å². The standard InChI is InChI=1S/C16H25BrFN/c1-3-5-6-7-8-9-16(19-4-2)14-12-13(17)10-11-15(14)18/h10-12,16,19H,3-9H2,1-2H3. The van der Waals surface area contributed by atoms with Gasteiger partial charge in [-0.15, -0.1) is 0 Å². The third kappa shape index (κ3) is 6.05. The molecule has 0 fully saturated rings. The van der Waals surface area contributed by atoms with Gasteiger partial charge in [0.1, 0.15) is 5.82 Å². The zero-order valence-corrected chi connectivity index (χ0v) is 13.6. The molecule has 1 nitrogen and oxygen atoms in total. The molecule has 0 saturated carbocycles. The number of halogens is 2. The van der Waals surface area contributed by atoms with Crippen molar-refractivity contribution in [3.63, 3.8) is 0 Å². The van der Waals surface area contributed by atoms with Gasteiger partial charge in [0.15, 0.2) is 0 Å². The lowest BCUT2D eigenvalue weighted by Crippen LogP contribution is -2.22. The maximum absolute atomic E-state index is 13.9. The van der Waals surface area contributed by atoms with Crippen LogP contribution in [0.4, 0.5) is 4.39 Å². The summed E-state index contributed by atoms with van der Waals surface area (Å²) in [5.41, 5.74) is 0.784. The molecule has 0 saturated heterocycles. The first-order chi connectivity index (χ1) is 9.19. The van der Waals surface area contributed by atoms with Gasteiger partial charge in [0, 0.05) is 16.1 Å². The van der Waals surface area contributed by atoms with Crippen molar-refractivity contribution in [2.24, 2.45) is 0 Å². The summed E-state index contributed by atoms with van der Waals surface area (Å²) in [5.74, 6) is -0.109. The predicted molar refractivity (Wildman–Crippen MR) is 83.9 cm³/mol. The molecule has 1 rings (SSSR count). The molecule has 0 spiro atoms. The van der Waals surface area contributed by atoms with Gasteiger partial charge in [-0.05, 0) is 31.2 Å². The number of hydrogen-bond acceptors (Lipinski definition) is 1. The van der Waals surface area contributed by atoms with Crippen molar-refractivity contribution in [3.05, 3.63) is 34.1 Å². The maximum Gasteiger partial charge on any atom is 0.128 e. The SMILES string of the molecule is CCCCCCCC(NCC)c1cc(Br)ccc1F. The minimum atomic E-state index is -0.109. The third-order valence-corrected chi connectivity index (χ3v) is 3.87. The number of benzene rings is 1. The molecule has 0 aliphatic heterocycles. The molecule has 19 heavy (non-hydrogen) atoms. The van der Waals surface area contributed by atoms with Crippen molar-refractivity contribution in [1.82, 2.24) is 5.32 Å². The average Bonchev–Trinajstić information content (AvgIpc) is 2.40. The van der Waals surface area contributed by atoms with Gasteiger partial charge in [-0.3, -0.25) is 0 Å². The van der Waals surface area contributed by atoms with E-state index in [1.807, 2.05) is 6.07 Å². The van der Waals surface area contributed by atoms with Crippen molar-refractivity contribution in [1.29, 1.82) is 0 Å². The van der Waals surface area contributed by atoms with Gasteiger partial charge in [-0.2, -0.15) is 0 Å². The van der Waals surface area contributed by atoms with Crippen LogP contribution in [0.25, 0.3) is 0 Å². The van der Waals surface area contributed by atoms with Crippen LogP contribution in [0, 0.1) is 5.82 Å². The molecule has 0 amide bonds. The number of nitrogens with one attached hydrogen (secondary N) is 1. The van der Waals surface area contributed by atoms with Crippen molar-refractivity contribution >= 4 is 15.9 Å². The van der Waals surface area contributed by atoms with Crippen LogP contribution in [0.3, 0.4) is 0 Å². The molecule has 0 aliphatic carbocycles. The van der Waals surface area contributed by atoms with Gasteiger partial charge >= 0.3 is 0 Å². The van der Waals surface area contributed by atoms with E-state index in [0.29, 0.717) is 0 Å². The van der Waals surface area contributed by atoms with Crippen LogP contribution in [0.15, 0.2) is 22.7 Å². The Morgan fingerprint density at radius 2 is 1.89 bits per heavy atom. The summed E-state index contributed by atoms with van der Waals surface area (Å²) in [5, 5.41) is 3.40. The number of rotatable bonds is 9. The monoisotopic (exact) mass is 329 g/mol. The van der Waals surface area contributed by atoms with E-state index < -0.39 is 0 Å². The molecule has 0 heterocycles. The first kappa shape index (κ1) is 16.6. The van der Waals surface area contributed by atoms with Crippen molar-refractivity contribution < 1.29 is 4.39 Å². The van der Waals surface area contributed by atoms with E-state index in [9.17, 15) is 4.39 Å². The second-order valence-corrected chi connectivity index (χ2v) is 5.89. The van der Waals surface area contributed by atoms with E-state index in [2.05, 4.69) is 35.1 Å². The summed E-state index contributed by atoms with van der Waals surface area (Å²) < 4.78 is 14.9. The van der Waals surface area contributed by atoms with E-state index in [1.54, 1.807) is 12.1 Å². The highest BCUT2D eigenvalue weighted by Crippen LogP contribution is 2.26. The second kappa shape index (κ2) is 9.49. The fourth-order valence-corrected chi connectivity index (χ4v) is 2.73. The summed E-state index contributed by atoms with van der Waals surface area (Å²) in [6.07, 6.45) is 7.25. The summed E-state index contributed by atoms with van der Waals surface area (Å²) in [7, 11) is 0. The number of hydrogen-bond donors (Lipinski definition) is 1. The Morgan fingerprint density at radius 1 is 1.16 bits per heavy atom. The fourth-order valence-electron chi connectivity index (χ4n) is 2.35. The van der Waals surface area contributed by atoms with E-state index in [0.717, 1.165) is 29.4 Å². The minimum absolute atomic E-state index is 0.109. The molecular weight excluding hydrogens is 305 g/mol. The molecule has 1 atom stereocenters. The molecule has 1 aromatic rings. The Bertz CT molecular complexity index is 368. The molecule has 0 aliphatic rings. The van der Waals surface area contributed by atoms with Gasteiger partial charge in [0.2, 0.25) is 0 Å². The highest BCUT2D eigenvalue weighted by molar-refractivity contribution is 9.10. The van der Waals surface area contributed by atoms with Crippen LogP contribution in [0.1, 0.15) is 64.0 Å². The van der Waals surface area contributed by atoms with Gasteiger partial charge in [-0.25, -0.2) is 4.39 Å². The molecule has 0 radical (unpaired) electrons. The first-order valence-electron chi connectivity index (χ1n) is 7.37. The summed E-state index contributed by atoms with van der Waals surface area (Å²) >= 11 is 3.42. The van der Waals surface area contributed by atoms with Crippen LogP contribution in [0.2, 0.25) is 0 Å². The fraction of sp³-hybridized carbons (Fsp3) is 0.625. The summed E-state index contributed by atoms with van der Waals surface area (Å²) in [4.78, 5) is 0. The molecule has 1 aromatic carbocycles. The normalized spacial score (nSPS) is 12.6. The largest absolute Gasteiger partial charge is 0.310 e. The Hall–Kier alpha value is -0.410. The van der Waals surface area contributed by atoms with Gasteiger partial charge in [0.25, 0.3) is 0 Å². The smallest absolute Gasteiger partial charge is 0.128 e. The molecule has 0 bridgehead atoms. The zero-order valence-electron chi connectivity index (χ0n) is 12.0. The molecular formula is C16H25BrFN. The predicted octanol–water partition coefficient (Wildman–Crippen LogP) is 5.60. The minimum Gasteiger partial charge on any atom is -0.310 e. The lowest BCUT2D eigenvalue weighted by molar-refractivity contribution is 0.458. The van der Waals surface area contributed by atoms with Gasteiger partial charge in [0.05, 0.1) is 0 Å². The van der Waals surface area contributed by atoms with E-state index in [1.165, 1.54) is 25.7 Å². The summed E-state index contributed by atoms with van der Waals surface area (Å²) in [6.45, 7) is 5.16. The van der Waals surface area contributed by atoms with Crippen LogP contribution >= 0.6 is 15.9 Å². The Balaban J connectivity index is 2.58. The van der Waals surface area contributed by atoms with E-state index >= 15 is 0 Å². The molecule has 1 unspecified atom stereocenters. The Kier molecular flexibility index (Phi) is 8.31.